The van der Waals surface area contributed by atoms with E-state index in [1.165, 1.54) is 16.5 Å². The Bertz CT molecular complexity index is 1390. The van der Waals surface area contributed by atoms with Gasteiger partial charge < -0.3 is 30.0 Å². The number of piperidine rings is 1. The Labute approximate surface area is 235 Å². The fourth-order valence-electron chi connectivity index (χ4n) is 6.08. The molecule has 208 valence electrons. The largest absolute Gasteiger partial charge is 0.493 e. The van der Waals surface area contributed by atoms with Crippen LogP contribution in [0.4, 0.5) is 0 Å². The van der Waals surface area contributed by atoms with Gasteiger partial charge in [0.05, 0.1) is 19.9 Å². The van der Waals surface area contributed by atoms with E-state index in [-0.39, 0.29) is 17.3 Å². The lowest BCUT2D eigenvalue weighted by Crippen LogP contribution is -2.47. The molecule has 1 unspecified atom stereocenters. The summed E-state index contributed by atoms with van der Waals surface area (Å²) in [4.78, 5) is 21.0. The summed E-state index contributed by atoms with van der Waals surface area (Å²) in [6.07, 6.45) is 2.04. The van der Waals surface area contributed by atoms with Crippen LogP contribution in [0.1, 0.15) is 63.0 Å². The zero-order valence-corrected chi connectivity index (χ0v) is 24.6. The molecule has 1 atom stereocenters. The normalized spacial score (nSPS) is 18.8. The third-order valence-electron chi connectivity index (χ3n) is 8.11. The van der Waals surface area contributed by atoms with Crippen LogP contribution in [0.15, 0.2) is 47.5 Å². The highest BCUT2D eigenvalue weighted by atomic mass is 32.2. The monoisotopic (exact) mass is 548 g/mol. The summed E-state index contributed by atoms with van der Waals surface area (Å²) in [6.45, 7) is 11.0. The third-order valence-corrected chi connectivity index (χ3v) is 9.23. The molecule has 1 aromatic heterocycles. The van der Waals surface area contributed by atoms with Gasteiger partial charge in [0.15, 0.2) is 11.5 Å². The maximum atomic E-state index is 12.5. The van der Waals surface area contributed by atoms with Gasteiger partial charge in [-0.1, -0.05) is 19.9 Å². The molecule has 7 nitrogen and oxygen atoms in total. The Kier molecular flexibility index (Phi) is 7.87. The number of hydrogen-bond acceptors (Lipinski definition) is 6. The molecule has 1 saturated heterocycles. The van der Waals surface area contributed by atoms with Crippen molar-refractivity contribution in [2.45, 2.75) is 63.9 Å². The number of aromatic nitrogens is 1. The van der Waals surface area contributed by atoms with Gasteiger partial charge in [0, 0.05) is 47.0 Å². The van der Waals surface area contributed by atoms with Gasteiger partial charge >= 0.3 is 0 Å². The maximum Gasteiger partial charge on any atom is 0.265 e. The van der Waals surface area contributed by atoms with Crippen molar-refractivity contribution in [3.63, 3.8) is 0 Å². The number of amides is 1. The summed E-state index contributed by atoms with van der Waals surface area (Å²) < 4.78 is 11.0. The van der Waals surface area contributed by atoms with Crippen molar-refractivity contribution in [2.75, 3.05) is 27.3 Å². The first-order chi connectivity index (χ1) is 18.7. The molecule has 8 heteroatoms. The van der Waals surface area contributed by atoms with E-state index < -0.39 is 0 Å². The van der Waals surface area contributed by atoms with Crippen LogP contribution in [0.2, 0.25) is 0 Å². The Morgan fingerprint density at radius 1 is 1.03 bits per heavy atom. The smallest absolute Gasteiger partial charge is 0.265 e. The average Bonchev–Trinajstić information content (AvgIpc) is 3.55. The number of H-pyrrole nitrogens is 1. The van der Waals surface area contributed by atoms with Crippen molar-refractivity contribution in [1.82, 2.24) is 14.8 Å². The number of primary amides is 1. The first-order valence-corrected chi connectivity index (χ1v) is 14.7. The van der Waals surface area contributed by atoms with E-state index in [2.05, 4.69) is 66.7 Å². The van der Waals surface area contributed by atoms with Crippen molar-refractivity contribution in [3.8, 4) is 22.8 Å². The number of carbonyl (C=O) groups is 1. The fourth-order valence-corrected chi connectivity index (χ4v) is 7.29. The van der Waals surface area contributed by atoms with Crippen molar-refractivity contribution in [1.29, 1.82) is 0 Å². The van der Waals surface area contributed by atoms with Gasteiger partial charge in [0.1, 0.15) is 11.1 Å². The quantitative estimate of drug-likeness (QED) is 0.348. The minimum absolute atomic E-state index is 0.0203. The zero-order valence-electron chi connectivity index (χ0n) is 23.8. The van der Waals surface area contributed by atoms with E-state index in [4.69, 9.17) is 15.2 Å². The molecule has 39 heavy (non-hydrogen) atoms. The zero-order chi connectivity index (χ0) is 27.8. The van der Waals surface area contributed by atoms with Crippen LogP contribution in [0.5, 0.6) is 11.5 Å². The van der Waals surface area contributed by atoms with Gasteiger partial charge in [-0.15, -0.1) is 11.8 Å². The van der Waals surface area contributed by atoms with Crippen LogP contribution in [-0.4, -0.2) is 60.1 Å². The van der Waals surface area contributed by atoms with Crippen LogP contribution in [0, 0.1) is 0 Å². The van der Waals surface area contributed by atoms with E-state index in [9.17, 15) is 4.79 Å². The molecule has 3 N–H and O–H groups in total. The molecule has 5 rings (SSSR count). The summed E-state index contributed by atoms with van der Waals surface area (Å²) in [6, 6.07) is 13.5. The molecule has 1 fully saturated rings. The molecule has 2 aliphatic heterocycles. The summed E-state index contributed by atoms with van der Waals surface area (Å²) in [5.74, 6) is 1.36. The standard InChI is InChI=1S/C31H40N4O3S/c1-18(2)28-23-15-21(7-9-24(23)33-29(28)20-8-10-26(37-5)27(16-20)38-6)31-35(25(17-39-31)30(32)36)22-11-13-34(14-12-22)19(3)4/h7-10,15-19,22,31,33H,11-14H2,1-6H3,(H2,32,36). The highest BCUT2D eigenvalue weighted by Crippen LogP contribution is 2.47. The second-order valence-electron chi connectivity index (χ2n) is 11.1. The average molecular weight is 549 g/mol. The summed E-state index contributed by atoms with van der Waals surface area (Å²) in [5.41, 5.74) is 12.2. The van der Waals surface area contributed by atoms with E-state index in [0.29, 0.717) is 29.2 Å². The number of rotatable bonds is 8. The third kappa shape index (κ3) is 5.12. The maximum absolute atomic E-state index is 12.5. The number of nitrogens with zero attached hydrogens (tertiary/aromatic N) is 2. The number of likely N-dealkylation sites (tertiary alicyclic amines) is 1. The molecule has 1 amide bonds. The number of nitrogens with two attached hydrogens (primary N) is 1. The molecule has 0 spiro atoms. The van der Waals surface area contributed by atoms with Crippen molar-refractivity contribution in [3.05, 3.63) is 58.6 Å². The molecule has 2 aliphatic rings. The first kappa shape index (κ1) is 27.5. The number of carbonyl (C=O) groups excluding carboxylic acids is 1. The molecule has 3 aromatic rings. The lowest BCUT2D eigenvalue weighted by molar-refractivity contribution is -0.116. The van der Waals surface area contributed by atoms with Gasteiger partial charge in [-0.05, 0) is 74.1 Å². The molecule has 0 aliphatic carbocycles. The fraction of sp³-hybridized carbons (Fsp3) is 0.452. The molecule has 3 heterocycles. The van der Waals surface area contributed by atoms with Crippen molar-refractivity contribution in [2.24, 2.45) is 5.73 Å². The van der Waals surface area contributed by atoms with Crippen LogP contribution >= 0.6 is 11.8 Å². The van der Waals surface area contributed by atoms with E-state index in [1.807, 2.05) is 17.5 Å². The number of ether oxygens (including phenoxy) is 2. The topological polar surface area (TPSA) is 83.8 Å². The van der Waals surface area contributed by atoms with Crippen LogP contribution in [0.3, 0.4) is 0 Å². The number of fused-ring (bicyclic) bond motifs is 1. The predicted molar refractivity (Wildman–Crippen MR) is 160 cm³/mol. The van der Waals surface area contributed by atoms with Crippen LogP contribution in [-0.2, 0) is 4.79 Å². The summed E-state index contributed by atoms with van der Waals surface area (Å²) in [7, 11) is 3.31. The van der Waals surface area contributed by atoms with Gasteiger partial charge in [-0.25, -0.2) is 0 Å². The van der Waals surface area contributed by atoms with E-state index in [0.717, 1.165) is 42.7 Å². The molecule has 0 radical (unpaired) electrons. The number of methoxy groups -OCH3 is 2. The van der Waals surface area contributed by atoms with Gasteiger partial charge in [-0.2, -0.15) is 0 Å². The highest BCUT2D eigenvalue weighted by Gasteiger charge is 2.38. The molecular formula is C31H40N4O3S. The Balaban J connectivity index is 1.53. The molecular weight excluding hydrogens is 508 g/mol. The number of thioether (sulfide) groups is 1. The van der Waals surface area contributed by atoms with Gasteiger partial charge in [-0.3, -0.25) is 4.79 Å². The van der Waals surface area contributed by atoms with Crippen molar-refractivity contribution >= 4 is 28.6 Å². The molecule has 0 saturated carbocycles. The summed E-state index contributed by atoms with van der Waals surface area (Å²) in [5, 5.41) is 3.18. The van der Waals surface area contributed by atoms with E-state index >= 15 is 0 Å². The second kappa shape index (κ2) is 11.2. The number of hydrogen-bond donors (Lipinski definition) is 2. The Morgan fingerprint density at radius 2 is 1.74 bits per heavy atom. The van der Waals surface area contributed by atoms with E-state index in [1.54, 1.807) is 26.0 Å². The molecule has 0 bridgehead atoms. The first-order valence-electron chi connectivity index (χ1n) is 13.8. The number of benzene rings is 2. The number of aromatic amines is 1. The van der Waals surface area contributed by atoms with Crippen LogP contribution < -0.4 is 15.2 Å². The minimum Gasteiger partial charge on any atom is -0.493 e. The highest BCUT2D eigenvalue weighted by molar-refractivity contribution is 8.02. The SMILES string of the molecule is COc1ccc(-c2[nH]c3ccc(C4SC=C(C(N)=O)N4C4CCN(C(C)C)CC4)cc3c2C(C)C)cc1OC. The van der Waals surface area contributed by atoms with Gasteiger partial charge in [0.2, 0.25) is 0 Å². The van der Waals surface area contributed by atoms with Crippen molar-refractivity contribution < 1.29 is 14.3 Å². The molecule has 2 aromatic carbocycles. The van der Waals surface area contributed by atoms with Gasteiger partial charge in [0.25, 0.3) is 5.91 Å². The number of nitrogens with one attached hydrogen (secondary N) is 1. The minimum atomic E-state index is -0.349. The van der Waals surface area contributed by atoms with Crippen LogP contribution in [0.25, 0.3) is 22.2 Å². The lowest BCUT2D eigenvalue weighted by Gasteiger charge is -2.42. The lowest BCUT2D eigenvalue weighted by atomic mass is 9.95. The second-order valence-corrected chi connectivity index (χ2v) is 12.0. The Hall–Kier alpha value is -3.10. The summed E-state index contributed by atoms with van der Waals surface area (Å²) >= 11 is 1.68. The predicted octanol–water partition coefficient (Wildman–Crippen LogP) is 6.22. The Morgan fingerprint density at radius 3 is 2.36 bits per heavy atom.